The first kappa shape index (κ1) is 13.3. The minimum Gasteiger partial charge on any atom is -0.444 e. The first-order valence-corrected chi connectivity index (χ1v) is 5.76. The maximum Gasteiger partial charge on any atom is 0.407 e. The van der Waals surface area contributed by atoms with Gasteiger partial charge < -0.3 is 20.1 Å². The average Bonchev–Trinajstić information content (AvgIpc) is 2.39. The maximum atomic E-state index is 11.4. The van der Waals surface area contributed by atoms with Gasteiger partial charge in [-0.15, -0.1) is 0 Å². The van der Waals surface area contributed by atoms with Crippen molar-refractivity contribution in [2.75, 3.05) is 26.2 Å². The molecule has 0 spiro atoms. The number of nitrogens with one attached hydrogen (secondary N) is 2. The minimum absolute atomic E-state index is 0.0857. The summed E-state index contributed by atoms with van der Waals surface area (Å²) in [6, 6.07) is 0. The molecule has 2 N–H and O–H groups in total. The number of amides is 1. The van der Waals surface area contributed by atoms with E-state index in [-0.39, 0.29) is 12.2 Å². The monoisotopic (exact) mass is 230 g/mol. The molecule has 5 heteroatoms. The fraction of sp³-hybridized carbons (Fsp3) is 0.909. The Hall–Kier alpha value is -0.810. The molecule has 1 atom stereocenters. The summed E-state index contributed by atoms with van der Waals surface area (Å²) in [5.41, 5.74) is -0.448. The number of hydrogen-bond acceptors (Lipinski definition) is 4. The summed E-state index contributed by atoms with van der Waals surface area (Å²) in [6.07, 6.45) is 0.617. The molecule has 0 saturated carbocycles. The Morgan fingerprint density at radius 1 is 1.50 bits per heavy atom. The molecular formula is C11H22N2O3. The summed E-state index contributed by atoms with van der Waals surface area (Å²) < 4.78 is 10.7. The van der Waals surface area contributed by atoms with E-state index in [1.807, 2.05) is 20.8 Å². The molecule has 5 nitrogen and oxygen atoms in total. The molecule has 1 fully saturated rings. The fourth-order valence-corrected chi connectivity index (χ4v) is 1.44. The zero-order valence-electron chi connectivity index (χ0n) is 10.3. The SMILES string of the molecule is CC(C)(C)OC(=O)NC[C@@H]1CCNCCO1. The smallest absolute Gasteiger partial charge is 0.407 e. The molecule has 1 aliphatic rings. The molecule has 0 unspecified atom stereocenters. The van der Waals surface area contributed by atoms with Gasteiger partial charge in [-0.3, -0.25) is 0 Å². The van der Waals surface area contributed by atoms with E-state index in [4.69, 9.17) is 9.47 Å². The molecule has 0 radical (unpaired) electrons. The molecule has 0 aromatic heterocycles. The van der Waals surface area contributed by atoms with Gasteiger partial charge in [0.2, 0.25) is 0 Å². The second-order valence-electron chi connectivity index (χ2n) is 4.91. The summed E-state index contributed by atoms with van der Waals surface area (Å²) in [4.78, 5) is 11.4. The van der Waals surface area contributed by atoms with Crippen molar-refractivity contribution in [3.63, 3.8) is 0 Å². The summed E-state index contributed by atoms with van der Waals surface area (Å²) in [6.45, 7) is 8.55. The van der Waals surface area contributed by atoms with Gasteiger partial charge in [-0.1, -0.05) is 0 Å². The standard InChI is InChI=1S/C11H22N2O3/c1-11(2,3)16-10(14)13-8-9-4-5-12-6-7-15-9/h9,12H,4-8H2,1-3H3,(H,13,14)/t9-/m0/s1. The van der Waals surface area contributed by atoms with Crippen molar-refractivity contribution in [1.82, 2.24) is 10.6 Å². The summed E-state index contributed by atoms with van der Waals surface area (Å²) >= 11 is 0. The lowest BCUT2D eigenvalue weighted by Crippen LogP contribution is -2.37. The normalized spacial score (nSPS) is 22.3. The maximum absolute atomic E-state index is 11.4. The van der Waals surface area contributed by atoms with Crippen LogP contribution in [0.15, 0.2) is 0 Å². The lowest BCUT2D eigenvalue weighted by molar-refractivity contribution is 0.0389. The van der Waals surface area contributed by atoms with Gasteiger partial charge >= 0.3 is 6.09 Å². The van der Waals surface area contributed by atoms with Crippen LogP contribution >= 0.6 is 0 Å². The van der Waals surface area contributed by atoms with Crippen LogP contribution in [-0.2, 0) is 9.47 Å². The minimum atomic E-state index is -0.448. The number of alkyl carbamates (subject to hydrolysis) is 1. The van der Waals surface area contributed by atoms with Crippen molar-refractivity contribution < 1.29 is 14.3 Å². The number of rotatable bonds is 2. The molecular weight excluding hydrogens is 208 g/mol. The molecule has 1 rings (SSSR count). The Morgan fingerprint density at radius 3 is 2.94 bits per heavy atom. The highest BCUT2D eigenvalue weighted by Gasteiger charge is 2.18. The largest absolute Gasteiger partial charge is 0.444 e. The van der Waals surface area contributed by atoms with Crippen LogP contribution < -0.4 is 10.6 Å². The lowest BCUT2D eigenvalue weighted by Gasteiger charge is -2.21. The van der Waals surface area contributed by atoms with Gasteiger partial charge in [0.05, 0.1) is 12.7 Å². The van der Waals surface area contributed by atoms with Crippen LogP contribution in [0, 0.1) is 0 Å². The van der Waals surface area contributed by atoms with E-state index in [0.29, 0.717) is 13.2 Å². The summed E-state index contributed by atoms with van der Waals surface area (Å²) in [5, 5.41) is 5.96. The van der Waals surface area contributed by atoms with Crippen molar-refractivity contribution in [1.29, 1.82) is 0 Å². The quantitative estimate of drug-likeness (QED) is 0.739. The van der Waals surface area contributed by atoms with Crippen LogP contribution in [0.5, 0.6) is 0 Å². The topological polar surface area (TPSA) is 59.6 Å². The van der Waals surface area contributed by atoms with E-state index in [0.717, 1.165) is 19.5 Å². The van der Waals surface area contributed by atoms with E-state index in [1.54, 1.807) is 0 Å². The summed E-state index contributed by atoms with van der Waals surface area (Å²) in [5.74, 6) is 0. The Labute approximate surface area is 96.9 Å². The molecule has 16 heavy (non-hydrogen) atoms. The number of ether oxygens (including phenoxy) is 2. The Balaban J connectivity index is 2.20. The lowest BCUT2D eigenvalue weighted by atomic mass is 10.2. The van der Waals surface area contributed by atoms with Gasteiger partial charge in [0, 0.05) is 13.1 Å². The van der Waals surface area contributed by atoms with Crippen LogP contribution in [0.4, 0.5) is 4.79 Å². The van der Waals surface area contributed by atoms with Crippen LogP contribution in [0.3, 0.4) is 0 Å². The molecule has 0 aliphatic carbocycles. The van der Waals surface area contributed by atoms with Gasteiger partial charge in [0.1, 0.15) is 5.60 Å². The van der Waals surface area contributed by atoms with Crippen molar-refractivity contribution in [3.8, 4) is 0 Å². The van der Waals surface area contributed by atoms with E-state index in [2.05, 4.69) is 10.6 Å². The first-order chi connectivity index (χ1) is 7.47. The second kappa shape index (κ2) is 6.06. The molecule has 0 bridgehead atoms. The van der Waals surface area contributed by atoms with Crippen molar-refractivity contribution in [2.24, 2.45) is 0 Å². The Kier molecular flexibility index (Phi) is 5.02. The van der Waals surface area contributed by atoms with Gasteiger partial charge in [0.25, 0.3) is 0 Å². The van der Waals surface area contributed by atoms with Crippen LogP contribution in [0.1, 0.15) is 27.2 Å². The van der Waals surface area contributed by atoms with Gasteiger partial charge in [0.15, 0.2) is 0 Å². The van der Waals surface area contributed by atoms with Crippen LogP contribution in [0.2, 0.25) is 0 Å². The molecule has 1 heterocycles. The summed E-state index contributed by atoms with van der Waals surface area (Å²) in [7, 11) is 0. The van der Waals surface area contributed by atoms with Crippen molar-refractivity contribution >= 4 is 6.09 Å². The predicted molar refractivity (Wildman–Crippen MR) is 61.5 cm³/mol. The molecule has 0 aromatic rings. The molecule has 1 amide bonds. The van der Waals surface area contributed by atoms with Gasteiger partial charge in [-0.05, 0) is 33.7 Å². The third-order valence-corrected chi connectivity index (χ3v) is 2.15. The van der Waals surface area contributed by atoms with Gasteiger partial charge in [-0.2, -0.15) is 0 Å². The van der Waals surface area contributed by atoms with Crippen molar-refractivity contribution in [2.45, 2.75) is 38.9 Å². The highest BCUT2D eigenvalue weighted by atomic mass is 16.6. The predicted octanol–water partition coefficient (Wildman–Crippen LogP) is 0.890. The zero-order chi connectivity index (χ0) is 12.0. The number of carbonyl (C=O) groups is 1. The molecule has 1 aliphatic heterocycles. The highest BCUT2D eigenvalue weighted by Crippen LogP contribution is 2.07. The number of hydrogen-bond donors (Lipinski definition) is 2. The third-order valence-electron chi connectivity index (χ3n) is 2.15. The molecule has 1 saturated heterocycles. The third kappa shape index (κ3) is 5.92. The fourth-order valence-electron chi connectivity index (χ4n) is 1.44. The highest BCUT2D eigenvalue weighted by molar-refractivity contribution is 5.67. The molecule has 94 valence electrons. The van der Waals surface area contributed by atoms with Crippen molar-refractivity contribution in [3.05, 3.63) is 0 Å². The van der Waals surface area contributed by atoms with E-state index < -0.39 is 5.60 Å². The zero-order valence-corrected chi connectivity index (χ0v) is 10.3. The van der Waals surface area contributed by atoms with E-state index in [9.17, 15) is 4.79 Å². The Bertz CT molecular complexity index is 218. The van der Waals surface area contributed by atoms with Crippen LogP contribution in [-0.4, -0.2) is 44.0 Å². The van der Waals surface area contributed by atoms with Crippen LogP contribution in [0.25, 0.3) is 0 Å². The average molecular weight is 230 g/mol. The van der Waals surface area contributed by atoms with E-state index >= 15 is 0 Å². The van der Waals surface area contributed by atoms with E-state index in [1.165, 1.54) is 0 Å². The van der Waals surface area contributed by atoms with Gasteiger partial charge in [-0.25, -0.2) is 4.79 Å². The number of carbonyl (C=O) groups excluding carboxylic acids is 1. The molecule has 0 aromatic carbocycles. The first-order valence-electron chi connectivity index (χ1n) is 5.76. The second-order valence-corrected chi connectivity index (χ2v) is 4.91. The Morgan fingerprint density at radius 2 is 2.25 bits per heavy atom.